The molecule has 9 heteroatoms. The summed E-state index contributed by atoms with van der Waals surface area (Å²) in [5.74, 6) is 0.166. The van der Waals surface area contributed by atoms with Crippen molar-refractivity contribution in [3.05, 3.63) is 26.6 Å². The minimum atomic E-state index is -0.102. The molecule has 7 nitrogen and oxygen atoms in total. The van der Waals surface area contributed by atoms with Crippen molar-refractivity contribution in [2.45, 2.75) is 38.6 Å². The van der Waals surface area contributed by atoms with Gasteiger partial charge in [0, 0.05) is 39.0 Å². The number of likely N-dealkylation sites (tertiary alicyclic amines) is 1. The van der Waals surface area contributed by atoms with E-state index < -0.39 is 0 Å². The van der Waals surface area contributed by atoms with E-state index >= 15 is 0 Å². The number of thiophene rings is 1. The van der Waals surface area contributed by atoms with Crippen LogP contribution in [0.3, 0.4) is 0 Å². The topological polar surface area (TPSA) is 87.2 Å². The van der Waals surface area contributed by atoms with Crippen molar-refractivity contribution in [1.29, 1.82) is 0 Å². The number of carbonyl (C=O) groups excluding carboxylic acids is 2. The average Bonchev–Trinajstić information content (AvgIpc) is 3.23. The summed E-state index contributed by atoms with van der Waals surface area (Å²) in [6.07, 6.45) is 3.23. The quantitative estimate of drug-likeness (QED) is 0.530. The fourth-order valence-corrected chi connectivity index (χ4v) is 4.18. The van der Waals surface area contributed by atoms with Gasteiger partial charge in [0.1, 0.15) is 4.70 Å². The molecule has 0 radical (unpaired) electrons. The molecule has 2 amide bonds. The Bertz CT molecular complexity index is 915. The van der Waals surface area contributed by atoms with Gasteiger partial charge < -0.3 is 15.2 Å². The Morgan fingerprint density at radius 2 is 2.15 bits per heavy atom. The molecular formula is C17H22N4O3S2. The van der Waals surface area contributed by atoms with E-state index in [1.807, 2.05) is 16.3 Å². The van der Waals surface area contributed by atoms with Crippen LogP contribution < -0.4 is 10.9 Å². The van der Waals surface area contributed by atoms with Crippen LogP contribution in [-0.4, -0.2) is 45.9 Å². The number of nitrogens with one attached hydrogen (secondary N) is 2. The molecule has 2 aromatic heterocycles. The first-order chi connectivity index (χ1) is 12.6. The third kappa shape index (κ3) is 4.39. The van der Waals surface area contributed by atoms with Crippen LogP contribution in [-0.2, 0) is 16.1 Å². The molecule has 2 aromatic rings. The maximum absolute atomic E-state index is 12.4. The fraction of sp³-hybridized carbons (Fsp3) is 0.529. The molecule has 1 fully saturated rings. The molecule has 3 rings (SSSR count). The van der Waals surface area contributed by atoms with Crippen LogP contribution >= 0.6 is 23.6 Å². The highest BCUT2D eigenvalue weighted by atomic mass is 32.1. The van der Waals surface area contributed by atoms with Crippen LogP contribution in [0.1, 0.15) is 32.1 Å². The van der Waals surface area contributed by atoms with Gasteiger partial charge >= 0.3 is 0 Å². The van der Waals surface area contributed by atoms with Gasteiger partial charge in [0.25, 0.3) is 5.56 Å². The second-order valence-electron chi connectivity index (χ2n) is 6.34. The van der Waals surface area contributed by atoms with Crippen molar-refractivity contribution < 1.29 is 9.59 Å². The minimum Gasteiger partial charge on any atom is -0.356 e. The summed E-state index contributed by atoms with van der Waals surface area (Å²) in [5, 5.41) is 4.72. The van der Waals surface area contributed by atoms with Gasteiger partial charge in [0.15, 0.2) is 4.77 Å². The molecule has 0 saturated carbocycles. The largest absolute Gasteiger partial charge is 0.356 e. The summed E-state index contributed by atoms with van der Waals surface area (Å²) < 4.78 is 2.55. The molecule has 0 spiro atoms. The van der Waals surface area contributed by atoms with E-state index in [-0.39, 0.29) is 17.4 Å². The molecule has 1 saturated heterocycles. The van der Waals surface area contributed by atoms with Crippen LogP contribution in [0.4, 0.5) is 0 Å². The standard InChI is InChI=1S/C17H22N4O3S2/c22-13(18-7-3-9-20-8-2-5-14(20)23)4-1-10-21-16(24)15-12(6-11-26-15)19-17(21)25/h6,11H,1-5,7-10H2,(H,18,22)(H,19,25). The van der Waals surface area contributed by atoms with Gasteiger partial charge in [0.2, 0.25) is 11.8 Å². The first-order valence-electron chi connectivity index (χ1n) is 8.81. The van der Waals surface area contributed by atoms with Crippen LogP contribution in [0.2, 0.25) is 0 Å². The van der Waals surface area contributed by atoms with E-state index in [9.17, 15) is 14.4 Å². The second-order valence-corrected chi connectivity index (χ2v) is 7.64. The van der Waals surface area contributed by atoms with Crippen LogP contribution in [0, 0.1) is 4.77 Å². The Morgan fingerprint density at radius 3 is 2.92 bits per heavy atom. The van der Waals surface area contributed by atoms with Gasteiger partial charge in [-0.2, -0.15) is 0 Å². The van der Waals surface area contributed by atoms with E-state index in [0.29, 0.717) is 48.4 Å². The molecular weight excluding hydrogens is 372 g/mol. The van der Waals surface area contributed by atoms with E-state index in [1.165, 1.54) is 15.9 Å². The maximum atomic E-state index is 12.4. The summed E-state index contributed by atoms with van der Waals surface area (Å²) in [6.45, 7) is 2.50. The number of nitrogens with zero attached hydrogens (tertiary/aromatic N) is 2. The number of H-pyrrole nitrogens is 1. The van der Waals surface area contributed by atoms with Gasteiger partial charge in [-0.3, -0.25) is 19.0 Å². The summed E-state index contributed by atoms with van der Waals surface area (Å²) in [7, 11) is 0. The van der Waals surface area contributed by atoms with Crippen molar-refractivity contribution >= 4 is 45.6 Å². The highest BCUT2D eigenvalue weighted by Gasteiger charge is 2.19. The second kappa shape index (κ2) is 8.59. The van der Waals surface area contributed by atoms with E-state index in [0.717, 1.165) is 24.9 Å². The molecule has 2 N–H and O–H groups in total. The van der Waals surface area contributed by atoms with Crippen LogP contribution in [0.25, 0.3) is 10.2 Å². The summed E-state index contributed by atoms with van der Waals surface area (Å²) in [4.78, 5) is 40.7. The predicted molar refractivity (Wildman–Crippen MR) is 104 cm³/mol. The Kier molecular flexibility index (Phi) is 6.20. The molecule has 3 heterocycles. The SMILES string of the molecule is O=C(CCCn1c(=S)[nH]c2ccsc2c1=O)NCCCN1CCCC1=O. The van der Waals surface area contributed by atoms with Crippen molar-refractivity contribution in [3.8, 4) is 0 Å². The minimum absolute atomic E-state index is 0.0436. The first kappa shape index (κ1) is 18.8. The van der Waals surface area contributed by atoms with Gasteiger partial charge in [-0.1, -0.05) is 0 Å². The normalized spacial score (nSPS) is 14.3. The highest BCUT2D eigenvalue weighted by molar-refractivity contribution is 7.71. The molecule has 0 aromatic carbocycles. The summed E-state index contributed by atoms with van der Waals surface area (Å²) in [6, 6.07) is 1.84. The zero-order valence-corrected chi connectivity index (χ0v) is 16.1. The van der Waals surface area contributed by atoms with Gasteiger partial charge in [-0.15, -0.1) is 11.3 Å². The van der Waals surface area contributed by atoms with Crippen LogP contribution in [0.5, 0.6) is 0 Å². The number of aromatic nitrogens is 2. The molecule has 0 bridgehead atoms. The number of carbonyl (C=O) groups is 2. The van der Waals surface area contributed by atoms with E-state index in [1.54, 1.807) is 0 Å². The third-order valence-electron chi connectivity index (χ3n) is 4.48. The molecule has 1 aliphatic rings. The Balaban J connectivity index is 1.40. The van der Waals surface area contributed by atoms with E-state index in [4.69, 9.17) is 12.2 Å². The monoisotopic (exact) mass is 394 g/mol. The lowest BCUT2D eigenvalue weighted by molar-refractivity contribution is -0.127. The zero-order chi connectivity index (χ0) is 18.5. The third-order valence-corrected chi connectivity index (χ3v) is 5.70. The van der Waals surface area contributed by atoms with Crippen molar-refractivity contribution in [2.24, 2.45) is 0 Å². The number of hydrogen-bond donors (Lipinski definition) is 2. The van der Waals surface area contributed by atoms with Gasteiger partial charge in [-0.05, 0) is 42.9 Å². The number of amides is 2. The molecule has 0 atom stereocenters. The number of rotatable bonds is 8. The molecule has 0 unspecified atom stereocenters. The number of fused-ring (bicyclic) bond motifs is 1. The fourth-order valence-electron chi connectivity index (χ4n) is 3.10. The van der Waals surface area contributed by atoms with Crippen LogP contribution in [0.15, 0.2) is 16.2 Å². The highest BCUT2D eigenvalue weighted by Crippen LogP contribution is 2.14. The van der Waals surface area contributed by atoms with Gasteiger partial charge in [0.05, 0.1) is 5.52 Å². The lowest BCUT2D eigenvalue weighted by Crippen LogP contribution is -2.30. The number of aromatic amines is 1. The molecule has 1 aliphatic heterocycles. The lowest BCUT2D eigenvalue weighted by atomic mass is 10.3. The van der Waals surface area contributed by atoms with Crippen molar-refractivity contribution in [2.75, 3.05) is 19.6 Å². The lowest BCUT2D eigenvalue weighted by Gasteiger charge is -2.15. The Labute approximate surface area is 160 Å². The molecule has 26 heavy (non-hydrogen) atoms. The van der Waals surface area contributed by atoms with Gasteiger partial charge in [-0.25, -0.2) is 0 Å². The molecule has 140 valence electrons. The Hall–Kier alpha value is -2.00. The zero-order valence-electron chi connectivity index (χ0n) is 14.5. The Morgan fingerprint density at radius 1 is 1.31 bits per heavy atom. The average molecular weight is 395 g/mol. The van der Waals surface area contributed by atoms with Crippen molar-refractivity contribution in [1.82, 2.24) is 19.8 Å². The number of hydrogen-bond acceptors (Lipinski definition) is 5. The first-order valence-corrected chi connectivity index (χ1v) is 10.1. The predicted octanol–water partition coefficient (Wildman–Crippen LogP) is 2.03. The van der Waals surface area contributed by atoms with Crippen molar-refractivity contribution in [3.63, 3.8) is 0 Å². The summed E-state index contributed by atoms with van der Waals surface area (Å²) >= 11 is 6.62. The smallest absolute Gasteiger partial charge is 0.272 e. The maximum Gasteiger partial charge on any atom is 0.272 e. The van der Waals surface area contributed by atoms with E-state index in [2.05, 4.69) is 10.3 Å². The summed E-state index contributed by atoms with van der Waals surface area (Å²) in [5.41, 5.74) is 0.657. The molecule has 0 aliphatic carbocycles.